The van der Waals surface area contributed by atoms with Crippen LogP contribution in [0.4, 0.5) is 5.82 Å². The van der Waals surface area contributed by atoms with Gasteiger partial charge in [0.1, 0.15) is 17.5 Å². The average molecular weight is 199 g/mol. The molecule has 0 bridgehead atoms. The molecule has 5 heteroatoms. The van der Waals surface area contributed by atoms with Gasteiger partial charge in [-0.15, -0.1) is 12.6 Å². The van der Waals surface area contributed by atoms with Crippen molar-refractivity contribution in [2.45, 2.75) is 0 Å². The van der Waals surface area contributed by atoms with Crippen molar-refractivity contribution in [2.24, 2.45) is 4.99 Å². The number of H-pyrrole nitrogens is 1. The minimum absolute atomic E-state index is 0.674. The Morgan fingerprint density at radius 1 is 1.75 bits per heavy atom. The number of aliphatic imine (C=N–C) groups is 1. The van der Waals surface area contributed by atoms with E-state index in [2.05, 4.69) is 26.9 Å². The van der Waals surface area contributed by atoms with Crippen LogP contribution in [-0.2, 0) is 0 Å². The lowest BCUT2D eigenvalue weighted by molar-refractivity contribution is 1.02. The molecular weight excluding hydrogens is 190 g/mol. The van der Waals surface area contributed by atoms with Gasteiger partial charge in [0.15, 0.2) is 0 Å². The van der Waals surface area contributed by atoms with Crippen molar-refractivity contribution in [3.05, 3.63) is 17.8 Å². The van der Waals surface area contributed by atoms with E-state index >= 15 is 0 Å². The number of anilines is 1. The maximum atomic E-state index is 4.28. The number of thiol groups is 1. The van der Waals surface area contributed by atoms with Gasteiger partial charge >= 0.3 is 0 Å². The van der Waals surface area contributed by atoms with E-state index in [9.17, 15) is 0 Å². The molecule has 12 heavy (non-hydrogen) atoms. The van der Waals surface area contributed by atoms with E-state index in [0.29, 0.717) is 6.67 Å². The first-order chi connectivity index (χ1) is 5.83. The summed E-state index contributed by atoms with van der Waals surface area (Å²) in [5.41, 5.74) is 1.08. The second-order valence-corrected chi connectivity index (χ2v) is 3.65. The summed E-state index contributed by atoms with van der Waals surface area (Å²) >= 11 is 5.94. The van der Waals surface area contributed by atoms with Crippen LogP contribution in [0, 0.1) is 0 Å². The Balaban J connectivity index is 2.45. The lowest BCUT2D eigenvalue weighted by Gasteiger charge is -2.22. The van der Waals surface area contributed by atoms with Crippen LogP contribution in [-0.4, -0.2) is 23.0 Å². The van der Waals surface area contributed by atoms with E-state index in [0.717, 1.165) is 16.4 Å². The van der Waals surface area contributed by atoms with Crippen molar-refractivity contribution in [3.63, 3.8) is 0 Å². The first-order valence-corrected chi connectivity index (χ1v) is 5.18. The zero-order chi connectivity index (χ0) is 8.55. The van der Waals surface area contributed by atoms with Crippen LogP contribution in [0.5, 0.6) is 0 Å². The van der Waals surface area contributed by atoms with Crippen LogP contribution < -0.4 is 4.31 Å². The van der Waals surface area contributed by atoms with Crippen LogP contribution in [0.2, 0.25) is 0 Å². The first kappa shape index (κ1) is 8.07. The fraction of sp³-hybridized carbons (Fsp3) is 0.286. The second kappa shape index (κ2) is 3.06. The summed E-state index contributed by atoms with van der Waals surface area (Å²) < 4.78 is 2.09. The molecule has 0 fully saturated rings. The highest BCUT2D eigenvalue weighted by Crippen LogP contribution is 2.28. The Morgan fingerprint density at radius 3 is 3.33 bits per heavy atom. The summed E-state index contributed by atoms with van der Waals surface area (Å²) in [6, 6.07) is 1.99. The molecule has 0 aliphatic carbocycles. The lowest BCUT2D eigenvalue weighted by Crippen LogP contribution is -2.21. The molecule has 64 valence electrons. The quantitative estimate of drug-likeness (QED) is 0.533. The Labute approximate surface area is 80.8 Å². The number of rotatable bonds is 1. The van der Waals surface area contributed by atoms with E-state index in [1.165, 1.54) is 0 Å². The largest absolute Gasteiger partial charge is 0.347 e. The van der Waals surface area contributed by atoms with Crippen LogP contribution in [0.25, 0.3) is 0 Å². The maximum Gasteiger partial charge on any atom is 0.127 e. The zero-order valence-electron chi connectivity index (χ0n) is 6.61. The van der Waals surface area contributed by atoms with Gasteiger partial charge in [-0.25, -0.2) is 0 Å². The van der Waals surface area contributed by atoms with Gasteiger partial charge in [0, 0.05) is 18.0 Å². The molecule has 0 radical (unpaired) electrons. The highest BCUT2D eigenvalue weighted by Gasteiger charge is 2.18. The molecule has 0 aromatic carbocycles. The van der Waals surface area contributed by atoms with E-state index in [-0.39, 0.29) is 0 Å². The standard InChI is InChI=1S/C7H9N3S2/c1-12-10-4-9-7(11)5-2-3-8-6(5)10/h2-3,8H,4H2,1H3,(H,9,11). The Morgan fingerprint density at radius 2 is 2.58 bits per heavy atom. The van der Waals surface area contributed by atoms with Crippen LogP contribution in [0.3, 0.4) is 0 Å². The number of nitrogens with zero attached hydrogens (tertiary/aromatic N) is 2. The summed E-state index contributed by atoms with van der Waals surface area (Å²) in [4.78, 5) is 7.43. The van der Waals surface area contributed by atoms with Crippen molar-refractivity contribution in [3.8, 4) is 0 Å². The summed E-state index contributed by atoms with van der Waals surface area (Å²) in [6.45, 7) is 0.674. The molecule has 3 nitrogen and oxygen atoms in total. The summed E-state index contributed by atoms with van der Waals surface area (Å²) in [6.07, 6.45) is 3.94. The predicted molar refractivity (Wildman–Crippen MR) is 57.2 cm³/mol. The van der Waals surface area contributed by atoms with E-state index in [4.69, 9.17) is 0 Å². The Hall–Kier alpha value is -0.550. The molecule has 0 unspecified atom stereocenters. The lowest BCUT2D eigenvalue weighted by atomic mass is 10.3. The van der Waals surface area contributed by atoms with Crippen molar-refractivity contribution in [2.75, 3.05) is 17.2 Å². The van der Waals surface area contributed by atoms with Gasteiger partial charge in [-0.2, -0.15) is 0 Å². The predicted octanol–water partition coefficient (Wildman–Crippen LogP) is 1.75. The van der Waals surface area contributed by atoms with Gasteiger partial charge in [-0.1, -0.05) is 11.9 Å². The fourth-order valence-corrected chi connectivity index (χ4v) is 1.93. The van der Waals surface area contributed by atoms with Crippen LogP contribution in [0.15, 0.2) is 17.3 Å². The number of nitrogens with one attached hydrogen (secondary N) is 1. The minimum atomic E-state index is 0.674. The van der Waals surface area contributed by atoms with Gasteiger partial charge in [-0.05, 0) is 6.07 Å². The maximum absolute atomic E-state index is 4.28. The van der Waals surface area contributed by atoms with Crippen LogP contribution in [0.1, 0.15) is 5.56 Å². The third-order valence-electron chi connectivity index (χ3n) is 1.78. The molecule has 0 spiro atoms. The molecule has 1 N–H and O–H groups in total. The van der Waals surface area contributed by atoms with Gasteiger partial charge in [0.2, 0.25) is 0 Å². The topological polar surface area (TPSA) is 31.4 Å². The molecule has 0 atom stereocenters. The molecule has 0 saturated carbocycles. The van der Waals surface area contributed by atoms with E-state index < -0.39 is 0 Å². The third-order valence-corrected chi connectivity index (χ3v) is 2.91. The number of hydrogen-bond donors (Lipinski definition) is 2. The number of fused-ring (bicyclic) bond motifs is 1. The second-order valence-electron chi connectivity index (χ2n) is 2.42. The molecule has 1 aromatic rings. The molecular formula is C7H9N3S2. The molecule has 1 aliphatic rings. The first-order valence-electron chi connectivity index (χ1n) is 3.55. The van der Waals surface area contributed by atoms with Crippen molar-refractivity contribution < 1.29 is 0 Å². The molecule has 0 amide bonds. The van der Waals surface area contributed by atoms with Crippen LogP contribution >= 0.6 is 24.6 Å². The van der Waals surface area contributed by atoms with E-state index in [1.54, 1.807) is 11.9 Å². The third kappa shape index (κ3) is 1.13. The molecule has 1 aromatic heterocycles. The fourth-order valence-electron chi connectivity index (χ4n) is 1.18. The smallest absolute Gasteiger partial charge is 0.127 e. The summed E-state index contributed by atoms with van der Waals surface area (Å²) in [5, 5.41) is 0.816. The molecule has 0 saturated heterocycles. The van der Waals surface area contributed by atoms with Gasteiger partial charge in [-0.3, -0.25) is 9.30 Å². The summed E-state index contributed by atoms with van der Waals surface area (Å²) in [5.74, 6) is 1.10. The van der Waals surface area contributed by atoms with Gasteiger partial charge < -0.3 is 4.98 Å². The number of aromatic nitrogens is 1. The normalized spacial score (nSPS) is 15.8. The van der Waals surface area contributed by atoms with Crippen molar-refractivity contribution >= 4 is 35.4 Å². The molecule has 1 aliphatic heterocycles. The monoisotopic (exact) mass is 199 g/mol. The summed E-state index contributed by atoms with van der Waals surface area (Å²) in [7, 11) is 0. The SMILES string of the molecule is CSN1CN=C(S)c2cc[nH]c21. The van der Waals surface area contributed by atoms with Gasteiger partial charge in [0.25, 0.3) is 0 Å². The van der Waals surface area contributed by atoms with E-state index in [1.807, 2.05) is 18.5 Å². The van der Waals surface area contributed by atoms with Crippen molar-refractivity contribution in [1.29, 1.82) is 0 Å². The van der Waals surface area contributed by atoms with Gasteiger partial charge in [0.05, 0.1) is 0 Å². The average Bonchev–Trinajstić information content (AvgIpc) is 2.54. The Kier molecular flexibility index (Phi) is 2.06. The highest BCUT2D eigenvalue weighted by atomic mass is 32.2. The highest BCUT2D eigenvalue weighted by molar-refractivity contribution is 8.00. The minimum Gasteiger partial charge on any atom is -0.347 e. The van der Waals surface area contributed by atoms with Crippen molar-refractivity contribution in [1.82, 2.24) is 4.98 Å². The zero-order valence-corrected chi connectivity index (χ0v) is 8.32. The molecule has 2 rings (SSSR count). The molecule has 2 heterocycles. The number of aromatic amines is 1. The number of hydrogen-bond acceptors (Lipinski definition) is 3. The Bertz CT molecular complexity index is 318.